The van der Waals surface area contributed by atoms with Gasteiger partial charge in [-0.3, -0.25) is 0 Å². The maximum absolute atomic E-state index is 12.9. The Labute approximate surface area is 170 Å². The zero-order chi connectivity index (χ0) is 20.3. The fraction of sp³-hybridized carbons (Fsp3) is 0.0870. The lowest BCUT2D eigenvalue weighted by Gasteiger charge is -2.18. The summed E-state index contributed by atoms with van der Waals surface area (Å²) < 4.78 is 30.4. The summed E-state index contributed by atoms with van der Waals surface area (Å²) in [6.07, 6.45) is 1.58. The molecule has 0 aliphatic heterocycles. The smallest absolute Gasteiger partial charge is 0.234 e. The van der Waals surface area contributed by atoms with Crippen LogP contribution in [0.1, 0.15) is 23.0 Å². The zero-order valence-electron chi connectivity index (χ0n) is 15.9. The first-order valence-corrected chi connectivity index (χ1v) is 10.8. The van der Waals surface area contributed by atoms with Crippen LogP contribution in [0.4, 0.5) is 0 Å². The molecule has 3 aromatic carbocycles. The molecule has 4 rings (SSSR count). The van der Waals surface area contributed by atoms with Gasteiger partial charge in [0.05, 0.1) is 11.0 Å². The van der Waals surface area contributed by atoms with E-state index in [-0.39, 0.29) is 0 Å². The number of nitrogens with one attached hydrogen (secondary N) is 1. The van der Waals surface area contributed by atoms with Crippen molar-refractivity contribution in [3.8, 4) is 0 Å². The third kappa shape index (κ3) is 4.29. The van der Waals surface area contributed by atoms with E-state index in [0.717, 1.165) is 22.2 Å². The summed E-state index contributed by atoms with van der Waals surface area (Å²) in [7, 11) is -1.82. The molecular weight excluding hydrogens is 382 g/mol. The second kappa shape index (κ2) is 8.03. The van der Waals surface area contributed by atoms with E-state index in [1.807, 2.05) is 96.5 Å². The fourth-order valence-electron chi connectivity index (χ4n) is 3.27. The number of aryl methyl sites for hydroxylation is 1. The summed E-state index contributed by atoms with van der Waals surface area (Å²) in [6, 6.07) is 25.9. The topological polar surface area (TPSA) is 64.0 Å². The summed E-state index contributed by atoms with van der Waals surface area (Å²) in [5.74, 6) is 0.633. The number of sulfonamides is 1. The van der Waals surface area contributed by atoms with Crippen molar-refractivity contribution in [3.05, 3.63) is 107 Å². The number of para-hydroxylation sites is 2. The molecule has 4 aromatic rings. The number of benzene rings is 3. The van der Waals surface area contributed by atoms with Gasteiger partial charge in [-0.15, -0.1) is 0 Å². The van der Waals surface area contributed by atoms with Crippen molar-refractivity contribution in [3.63, 3.8) is 0 Å². The molecule has 0 saturated carbocycles. The largest absolute Gasteiger partial charge is 0.329 e. The predicted molar refractivity (Wildman–Crippen MR) is 117 cm³/mol. The molecule has 0 spiro atoms. The van der Waals surface area contributed by atoms with E-state index >= 15 is 0 Å². The van der Waals surface area contributed by atoms with Crippen molar-refractivity contribution in [1.29, 1.82) is 0 Å². The van der Waals surface area contributed by atoms with E-state index in [0.29, 0.717) is 5.82 Å². The molecule has 0 fully saturated rings. The third-order valence-corrected chi connectivity index (χ3v) is 5.79. The van der Waals surface area contributed by atoms with Gasteiger partial charge in [0.1, 0.15) is 11.9 Å². The molecule has 6 heteroatoms. The van der Waals surface area contributed by atoms with Gasteiger partial charge < -0.3 is 4.57 Å². The lowest BCUT2D eigenvalue weighted by atomic mass is 10.1. The first kappa shape index (κ1) is 19.1. The Hall–Kier alpha value is -3.22. The average Bonchev–Trinajstić information content (AvgIpc) is 3.09. The van der Waals surface area contributed by atoms with Gasteiger partial charge in [-0.2, -0.15) is 4.72 Å². The fourth-order valence-corrected chi connectivity index (χ4v) is 4.26. The number of hydrogen-bond acceptors (Lipinski definition) is 3. The number of rotatable bonds is 6. The van der Waals surface area contributed by atoms with Crippen LogP contribution in [0.3, 0.4) is 0 Å². The van der Waals surface area contributed by atoms with Crippen LogP contribution in [0.2, 0.25) is 0 Å². The molecule has 0 saturated heterocycles. The van der Waals surface area contributed by atoms with E-state index in [1.54, 1.807) is 6.08 Å². The second-order valence-corrected chi connectivity index (χ2v) is 8.34. The quantitative estimate of drug-likeness (QED) is 0.523. The summed E-state index contributed by atoms with van der Waals surface area (Å²) in [5, 5.41) is 1.20. The van der Waals surface area contributed by atoms with Gasteiger partial charge in [0, 0.05) is 12.5 Å². The molecule has 1 atom stereocenters. The van der Waals surface area contributed by atoms with E-state index in [9.17, 15) is 8.42 Å². The average molecular weight is 404 g/mol. The molecular formula is C23H21N3O2S. The molecule has 0 aliphatic rings. The Morgan fingerprint density at radius 2 is 1.52 bits per heavy atom. The minimum atomic E-state index is -3.71. The summed E-state index contributed by atoms with van der Waals surface area (Å²) in [5.41, 5.74) is 3.41. The van der Waals surface area contributed by atoms with Crippen LogP contribution >= 0.6 is 0 Å². The molecule has 1 heterocycles. The molecule has 1 aromatic heterocycles. The summed E-state index contributed by atoms with van der Waals surface area (Å²) >= 11 is 0. The van der Waals surface area contributed by atoms with Gasteiger partial charge in [0.2, 0.25) is 10.0 Å². The minimum Gasteiger partial charge on any atom is -0.329 e. The molecule has 29 heavy (non-hydrogen) atoms. The van der Waals surface area contributed by atoms with Crippen LogP contribution in [0.15, 0.2) is 90.3 Å². The SMILES string of the molecule is Cn1c(C(NS(=O)(=O)/C=C/c2ccccc2)c2ccccc2)nc2ccccc21. The Bertz CT molecular complexity index is 1250. The number of hydrogen-bond donors (Lipinski definition) is 1. The second-order valence-electron chi connectivity index (χ2n) is 6.74. The Morgan fingerprint density at radius 1 is 0.897 bits per heavy atom. The monoisotopic (exact) mass is 403 g/mol. The van der Waals surface area contributed by atoms with Crippen molar-refractivity contribution in [1.82, 2.24) is 14.3 Å². The van der Waals surface area contributed by atoms with Crippen LogP contribution in [0.25, 0.3) is 17.1 Å². The number of fused-ring (bicyclic) bond motifs is 1. The lowest BCUT2D eigenvalue weighted by molar-refractivity contribution is 0.573. The van der Waals surface area contributed by atoms with Gasteiger partial charge in [-0.1, -0.05) is 72.8 Å². The molecule has 1 N–H and O–H groups in total. The molecule has 5 nitrogen and oxygen atoms in total. The molecule has 1 unspecified atom stereocenters. The van der Waals surface area contributed by atoms with Crippen LogP contribution < -0.4 is 4.72 Å². The highest BCUT2D eigenvalue weighted by Gasteiger charge is 2.24. The lowest BCUT2D eigenvalue weighted by Crippen LogP contribution is -2.29. The Morgan fingerprint density at radius 3 is 2.21 bits per heavy atom. The van der Waals surface area contributed by atoms with Gasteiger partial charge in [-0.25, -0.2) is 13.4 Å². The van der Waals surface area contributed by atoms with Crippen LogP contribution in [-0.4, -0.2) is 18.0 Å². The highest BCUT2D eigenvalue weighted by molar-refractivity contribution is 7.92. The zero-order valence-corrected chi connectivity index (χ0v) is 16.8. The minimum absolute atomic E-state index is 0.612. The van der Waals surface area contributed by atoms with E-state index in [2.05, 4.69) is 4.72 Å². The molecule has 0 amide bonds. The van der Waals surface area contributed by atoms with Crippen molar-refractivity contribution >= 4 is 27.1 Å². The maximum atomic E-state index is 12.9. The van der Waals surface area contributed by atoms with E-state index < -0.39 is 16.1 Å². The normalized spacial score (nSPS) is 13.1. The van der Waals surface area contributed by atoms with E-state index in [1.165, 1.54) is 5.41 Å². The van der Waals surface area contributed by atoms with Crippen molar-refractivity contribution < 1.29 is 8.42 Å². The number of imidazole rings is 1. The Balaban J connectivity index is 1.73. The summed E-state index contributed by atoms with van der Waals surface area (Å²) in [4.78, 5) is 4.70. The molecule has 0 bridgehead atoms. The van der Waals surface area contributed by atoms with Crippen molar-refractivity contribution in [2.45, 2.75) is 6.04 Å². The highest BCUT2D eigenvalue weighted by atomic mass is 32.2. The number of aromatic nitrogens is 2. The van der Waals surface area contributed by atoms with Gasteiger partial charge in [0.15, 0.2) is 0 Å². The highest BCUT2D eigenvalue weighted by Crippen LogP contribution is 2.26. The van der Waals surface area contributed by atoms with Crippen LogP contribution in [0, 0.1) is 0 Å². The van der Waals surface area contributed by atoms with Gasteiger partial charge >= 0.3 is 0 Å². The predicted octanol–water partition coefficient (Wildman–Crippen LogP) is 4.25. The molecule has 146 valence electrons. The molecule has 0 radical (unpaired) electrons. The first-order chi connectivity index (χ1) is 14.0. The third-order valence-electron chi connectivity index (χ3n) is 4.73. The standard InChI is InChI=1S/C23H21N3O2S/c1-26-21-15-9-8-14-20(21)24-23(26)22(19-12-6-3-7-13-19)25-29(27,28)17-16-18-10-4-2-5-11-18/h2-17,22,25H,1H3/b17-16+. The van der Waals surface area contributed by atoms with Crippen molar-refractivity contribution in [2.24, 2.45) is 7.05 Å². The van der Waals surface area contributed by atoms with Crippen LogP contribution in [-0.2, 0) is 17.1 Å². The van der Waals surface area contributed by atoms with Crippen LogP contribution in [0.5, 0.6) is 0 Å². The molecule has 0 aliphatic carbocycles. The Kier molecular flexibility index (Phi) is 5.29. The van der Waals surface area contributed by atoms with Crippen molar-refractivity contribution in [2.75, 3.05) is 0 Å². The summed E-state index contributed by atoms with van der Waals surface area (Å²) in [6.45, 7) is 0. The maximum Gasteiger partial charge on any atom is 0.234 e. The van der Waals surface area contributed by atoms with Gasteiger partial charge in [0.25, 0.3) is 0 Å². The van der Waals surface area contributed by atoms with Gasteiger partial charge in [-0.05, 0) is 29.3 Å². The number of nitrogens with zero attached hydrogens (tertiary/aromatic N) is 2. The first-order valence-electron chi connectivity index (χ1n) is 9.25. The van der Waals surface area contributed by atoms with E-state index in [4.69, 9.17) is 4.98 Å².